The highest BCUT2D eigenvalue weighted by molar-refractivity contribution is 6.31. The fourth-order valence-corrected chi connectivity index (χ4v) is 1.69. The van der Waals surface area contributed by atoms with Gasteiger partial charge in [0, 0.05) is 5.56 Å². The van der Waals surface area contributed by atoms with Gasteiger partial charge in [0.2, 0.25) is 10.6 Å². The van der Waals surface area contributed by atoms with E-state index in [4.69, 9.17) is 23.2 Å². The Kier molecular flexibility index (Phi) is 3.17. The number of hydrogen-bond acceptors (Lipinski definition) is 3. The van der Waals surface area contributed by atoms with Gasteiger partial charge in [-0.05, 0) is 28.8 Å². The van der Waals surface area contributed by atoms with Crippen molar-refractivity contribution in [3.8, 4) is 11.4 Å². The summed E-state index contributed by atoms with van der Waals surface area (Å²) in [4.78, 5) is 11.7. The van der Waals surface area contributed by atoms with Crippen LogP contribution in [0, 0.1) is 0 Å². The highest BCUT2D eigenvalue weighted by Crippen LogP contribution is 2.22. The molecule has 80 valence electrons. The van der Waals surface area contributed by atoms with Crippen LogP contribution < -0.4 is 0 Å². The molecule has 0 atom stereocenters. The van der Waals surface area contributed by atoms with Gasteiger partial charge in [-0.25, -0.2) is 0 Å². The van der Waals surface area contributed by atoms with E-state index in [-0.39, 0.29) is 10.6 Å². The van der Waals surface area contributed by atoms with E-state index < -0.39 is 0 Å². The van der Waals surface area contributed by atoms with Crippen molar-refractivity contribution in [3.63, 3.8) is 0 Å². The van der Waals surface area contributed by atoms with Crippen LogP contribution in [-0.2, 0) is 0 Å². The minimum absolute atomic E-state index is 0.0777. The van der Waals surface area contributed by atoms with Gasteiger partial charge in [-0.15, -0.1) is 0 Å². The van der Waals surface area contributed by atoms with Crippen molar-refractivity contribution in [3.05, 3.63) is 47.0 Å². The average molecular weight is 252 g/mol. The predicted molar refractivity (Wildman–Crippen MR) is 65.4 cm³/mol. The molecule has 0 bridgehead atoms. The van der Waals surface area contributed by atoms with Crippen LogP contribution in [0.5, 0.6) is 0 Å². The van der Waals surface area contributed by atoms with Crippen LogP contribution in [0.25, 0.3) is 17.5 Å². The molecular weight excluding hydrogens is 245 g/mol. The second kappa shape index (κ2) is 4.60. The van der Waals surface area contributed by atoms with Gasteiger partial charge in [-0.2, -0.15) is 15.0 Å². The summed E-state index contributed by atoms with van der Waals surface area (Å²) in [7, 11) is 0. The molecule has 16 heavy (non-hydrogen) atoms. The Morgan fingerprint density at radius 3 is 2.25 bits per heavy atom. The highest BCUT2D eigenvalue weighted by Gasteiger charge is 2.08. The van der Waals surface area contributed by atoms with Crippen LogP contribution in [0.2, 0.25) is 10.6 Å². The lowest BCUT2D eigenvalue weighted by Crippen LogP contribution is -1.95. The molecule has 0 unspecified atom stereocenters. The van der Waals surface area contributed by atoms with Gasteiger partial charge in [0.25, 0.3) is 0 Å². The van der Waals surface area contributed by atoms with Crippen molar-refractivity contribution >= 4 is 29.3 Å². The summed E-state index contributed by atoms with van der Waals surface area (Å²) in [6, 6.07) is 7.58. The lowest BCUT2D eigenvalue weighted by molar-refractivity contribution is 1.06. The molecule has 2 aromatic rings. The van der Waals surface area contributed by atoms with E-state index in [1.807, 2.05) is 24.3 Å². The van der Waals surface area contributed by atoms with E-state index in [9.17, 15) is 0 Å². The zero-order valence-corrected chi connectivity index (χ0v) is 9.70. The minimum atomic E-state index is 0.0777. The summed E-state index contributed by atoms with van der Waals surface area (Å²) in [6.07, 6.45) is 1.72. The molecule has 1 heterocycles. The summed E-state index contributed by atoms with van der Waals surface area (Å²) < 4.78 is 0. The molecule has 2 rings (SSSR count). The number of rotatable bonds is 2. The molecule has 1 aromatic heterocycles. The van der Waals surface area contributed by atoms with Crippen LogP contribution in [0.4, 0.5) is 0 Å². The first kappa shape index (κ1) is 11.0. The molecule has 0 saturated heterocycles. The molecule has 3 nitrogen and oxygen atoms in total. The molecule has 0 N–H and O–H groups in total. The van der Waals surface area contributed by atoms with Crippen molar-refractivity contribution in [2.45, 2.75) is 0 Å². The maximum absolute atomic E-state index is 5.72. The summed E-state index contributed by atoms with van der Waals surface area (Å²) >= 11 is 11.4. The number of aromatic nitrogens is 3. The van der Waals surface area contributed by atoms with Crippen molar-refractivity contribution in [2.24, 2.45) is 0 Å². The zero-order valence-electron chi connectivity index (χ0n) is 8.19. The molecule has 0 saturated carbocycles. The van der Waals surface area contributed by atoms with Gasteiger partial charge >= 0.3 is 0 Å². The number of nitrogens with zero attached hydrogens (tertiary/aromatic N) is 3. The largest absolute Gasteiger partial charge is 0.227 e. The Balaban J connectivity index is 2.62. The van der Waals surface area contributed by atoms with Crippen molar-refractivity contribution in [1.29, 1.82) is 0 Å². The van der Waals surface area contributed by atoms with Gasteiger partial charge in [0.1, 0.15) is 0 Å². The number of benzene rings is 1. The van der Waals surface area contributed by atoms with E-state index in [0.29, 0.717) is 5.82 Å². The third-order valence-electron chi connectivity index (χ3n) is 2.00. The summed E-state index contributed by atoms with van der Waals surface area (Å²) in [5, 5.41) is 0.155. The van der Waals surface area contributed by atoms with E-state index in [2.05, 4.69) is 21.5 Å². The predicted octanol–water partition coefficient (Wildman–Crippen LogP) is 3.49. The molecule has 0 fully saturated rings. The SMILES string of the molecule is C=Cc1ccccc1-c1nc(Cl)nc(Cl)n1. The lowest BCUT2D eigenvalue weighted by Gasteiger charge is -2.04. The van der Waals surface area contributed by atoms with Crippen LogP contribution in [0.15, 0.2) is 30.8 Å². The Morgan fingerprint density at radius 2 is 1.62 bits per heavy atom. The quantitative estimate of drug-likeness (QED) is 0.821. The summed E-state index contributed by atoms with van der Waals surface area (Å²) in [6.45, 7) is 3.72. The maximum atomic E-state index is 5.72. The Bertz CT molecular complexity index is 520. The molecule has 0 amide bonds. The third-order valence-corrected chi connectivity index (χ3v) is 2.34. The van der Waals surface area contributed by atoms with E-state index >= 15 is 0 Å². The average Bonchev–Trinajstić information content (AvgIpc) is 2.27. The summed E-state index contributed by atoms with van der Waals surface area (Å²) in [5.74, 6) is 0.445. The van der Waals surface area contributed by atoms with E-state index in [1.54, 1.807) is 6.08 Å². The normalized spacial score (nSPS) is 10.1. The van der Waals surface area contributed by atoms with E-state index in [1.165, 1.54) is 0 Å². The molecule has 0 spiro atoms. The van der Waals surface area contributed by atoms with Gasteiger partial charge in [0.15, 0.2) is 5.82 Å². The topological polar surface area (TPSA) is 38.7 Å². The third kappa shape index (κ3) is 2.21. The molecule has 0 radical (unpaired) electrons. The summed E-state index contributed by atoms with van der Waals surface area (Å²) in [5.41, 5.74) is 1.74. The Hall–Kier alpha value is -1.45. The molecule has 0 aliphatic heterocycles. The van der Waals surface area contributed by atoms with Gasteiger partial charge in [0.05, 0.1) is 0 Å². The second-order valence-electron chi connectivity index (χ2n) is 2.99. The molecular formula is C11H7Cl2N3. The molecule has 5 heteroatoms. The van der Waals surface area contributed by atoms with Crippen molar-refractivity contribution < 1.29 is 0 Å². The lowest BCUT2D eigenvalue weighted by atomic mass is 10.1. The fourth-order valence-electron chi connectivity index (χ4n) is 1.32. The van der Waals surface area contributed by atoms with Gasteiger partial charge in [-0.1, -0.05) is 36.9 Å². The standard InChI is InChI=1S/C11H7Cl2N3/c1-2-7-5-3-4-6-8(7)9-14-10(12)16-11(13)15-9/h2-6H,1H2. The molecule has 0 aliphatic rings. The van der Waals surface area contributed by atoms with Gasteiger partial charge in [-0.3, -0.25) is 0 Å². The van der Waals surface area contributed by atoms with E-state index in [0.717, 1.165) is 11.1 Å². The first-order valence-corrected chi connectivity index (χ1v) is 5.25. The maximum Gasteiger partial charge on any atom is 0.227 e. The van der Waals surface area contributed by atoms with Crippen molar-refractivity contribution in [1.82, 2.24) is 15.0 Å². The number of hydrogen-bond donors (Lipinski definition) is 0. The minimum Gasteiger partial charge on any atom is -0.198 e. The van der Waals surface area contributed by atoms with Crippen LogP contribution in [-0.4, -0.2) is 15.0 Å². The number of halogens is 2. The first-order valence-electron chi connectivity index (χ1n) is 4.49. The van der Waals surface area contributed by atoms with Crippen LogP contribution in [0.1, 0.15) is 5.56 Å². The van der Waals surface area contributed by atoms with Gasteiger partial charge < -0.3 is 0 Å². The monoisotopic (exact) mass is 251 g/mol. The molecule has 1 aromatic carbocycles. The highest BCUT2D eigenvalue weighted by atomic mass is 35.5. The smallest absolute Gasteiger partial charge is 0.198 e. The van der Waals surface area contributed by atoms with Crippen LogP contribution in [0.3, 0.4) is 0 Å². The Morgan fingerprint density at radius 1 is 1.00 bits per heavy atom. The Labute approximate surface area is 103 Å². The zero-order chi connectivity index (χ0) is 11.5. The van der Waals surface area contributed by atoms with Crippen molar-refractivity contribution in [2.75, 3.05) is 0 Å². The van der Waals surface area contributed by atoms with Crippen LogP contribution >= 0.6 is 23.2 Å². The molecule has 0 aliphatic carbocycles. The second-order valence-corrected chi connectivity index (χ2v) is 3.66. The first-order chi connectivity index (χ1) is 7.70. The fraction of sp³-hybridized carbons (Fsp3) is 0.